The van der Waals surface area contributed by atoms with Crippen LogP contribution >= 0.6 is 0 Å². The van der Waals surface area contributed by atoms with Crippen LogP contribution in [0.25, 0.3) is 0 Å². The van der Waals surface area contributed by atoms with Crippen molar-refractivity contribution in [2.24, 2.45) is 0 Å². The maximum Gasteiger partial charge on any atom is 0.313 e. The third kappa shape index (κ3) is 2.67. The van der Waals surface area contributed by atoms with Gasteiger partial charge in [0.15, 0.2) is 0 Å². The maximum atomic E-state index is 12.0. The molecule has 1 fully saturated rings. The molecule has 0 aromatic heterocycles. The van der Waals surface area contributed by atoms with Crippen LogP contribution in [0.15, 0.2) is 18.2 Å². The minimum atomic E-state index is -0.565. The van der Waals surface area contributed by atoms with E-state index in [1.807, 2.05) is 18.2 Å². The second kappa shape index (κ2) is 5.63. The molecule has 0 saturated carbocycles. The largest absolute Gasteiger partial charge is 0.378 e. The Morgan fingerprint density at radius 3 is 2.65 bits per heavy atom. The number of amides is 2. The predicted molar refractivity (Wildman–Crippen MR) is 74.5 cm³/mol. The van der Waals surface area contributed by atoms with E-state index >= 15 is 0 Å². The number of anilines is 1. The van der Waals surface area contributed by atoms with Crippen LogP contribution in [0.4, 0.5) is 5.69 Å². The SMILES string of the molecule is O=C(Nc1ccc2c(c1)CCC2)C(=O)N1CCOCC1. The van der Waals surface area contributed by atoms with E-state index in [0.29, 0.717) is 32.0 Å². The second-order valence-electron chi connectivity index (χ2n) is 5.20. The number of carbonyl (C=O) groups excluding carboxylic acids is 2. The highest BCUT2D eigenvalue weighted by Gasteiger charge is 2.24. The van der Waals surface area contributed by atoms with Crippen molar-refractivity contribution in [3.63, 3.8) is 0 Å². The third-order valence-electron chi connectivity index (χ3n) is 3.85. The standard InChI is InChI=1S/C15H18N2O3/c18-14(15(19)17-6-8-20-9-7-17)16-13-5-4-11-2-1-3-12(11)10-13/h4-5,10H,1-3,6-9H2,(H,16,18). The first kappa shape index (κ1) is 13.1. The molecule has 0 spiro atoms. The summed E-state index contributed by atoms with van der Waals surface area (Å²) in [6.07, 6.45) is 3.33. The van der Waals surface area contributed by atoms with Crippen molar-refractivity contribution in [1.82, 2.24) is 4.90 Å². The van der Waals surface area contributed by atoms with E-state index < -0.39 is 11.8 Å². The van der Waals surface area contributed by atoms with Crippen molar-refractivity contribution in [3.8, 4) is 0 Å². The van der Waals surface area contributed by atoms with E-state index in [1.54, 1.807) is 0 Å². The molecule has 1 aliphatic carbocycles. The van der Waals surface area contributed by atoms with Crippen LogP contribution in [0, 0.1) is 0 Å². The van der Waals surface area contributed by atoms with E-state index in [2.05, 4.69) is 5.32 Å². The molecule has 1 aliphatic heterocycles. The van der Waals surface area contributed by atoms with Crippen molar-refractivity contribution in [1.29, 1.82) is 0 Å². The summed E-state index contributed by atoms with van der Waals surface area (Å²) in [7, 11) is 0. The van der Waals surface area contributed by atoms with Gasteiger partial charge in [0.25, 0.3) is 0 Å². The van der Waals surface area contributed by atoms with Crippen molar-refractivity contribution in [3.05, 3.63) is 29.3 Å². The monoisotopic (exact) mass is 274 g/mol. The lowest BCUT2D eigenvalue weighted by molar-refractivity contribution is -0.145. The zero-order valence-electron chi connectivity index (χ0n) is 11.4. The summed E-state index contributed by atoms with van der Waals surface area (Å²) in [5.41, 5.74) is 3.33. The van der Waals surface area contributed by atoms with E-state index in [-0.39, 0.29) is 0 Å². The number of nitrogens with one attached hydrogen (secondary N) is 1. The van der Waals surface area contributed by atoms with Gasteiger partial charge in [-0.25, -0.2) is 0 Å². The molecule has 3 rings (SSSR count). The number of morpholine rings is 1. The Balaban J connectivity index is 1.64. The average molecular weight is 274 g/mol. The van der Waals surface area contributed by atoms with Gasteiger partial charge in [-0.05, 0) is 42.5 Å². The molecule has 1 heterocycles. The lowest BCUT2D eigenvalue weighted by Crippen LogP contribution is -2.45. The molecular formula is C15H18N2O3. The minimum Gasteiger partial charge on any atom is -0.378 e. The lowest BCUT2D eigenvalue weighted by Gasteiger charge is -2.26. The van der Waals surface area contributed by atoms with Gasteiger partial charge in [-0.2, -0.15) is 0 Å². The van der Waals surface area contributed by atoms with Crippen LogP contribution in [-0.2, 0) is 27.2 Å². The highest BCUT2D eigenvalue weighted by atomic mass is 16.5. The molecule has 5 nitrogen and oxygen atoms in total. The summed E-state index contributed by atoms with van der Waals surface area (Å²) in [5, 5.41) is 2.70. The van der Waals surface area contributed by atoms with Gasteiger partial charge in [0.1, 0.15) is 0 Å². The summed E-state index contributed by atoms with van der Waals surface area (Å²) in [5.74, 6) is -1.04. The van der Waals surface area contributed by atoms with Gasteiger partial charge in [0, 0.05) is 18.8 Å². The van der Waals surface area contributed by atoms with Gasteiger partial charge in [-0.15, -0.1) is 0 Å². The number of benzene rings is 1. The summed E-state index contributed by atoms with van der Waals surface area (Å²) in [4.78, 5) is 25.5. The number of carbonyl (C=O) groups is 2. The van der Waals surface area contributed by atoms with Crippen LogP contribution in [0.2, 0.25) is 0 Å². The normalized spacial score (nSPS) is 17.7. The molecule has 0 radical (unpaired) electrons. The summed E-state index contributed by atoms with van der Waals surface area (Å²) < 4.78 is 5.17. The Morgan fingerprint density at radius 2 is 1.85 bits per heavy atom. The number of hydrogen-bond donors (Lipinski definition) is 1. The van der Waals surface area contributed by atoms with Crippen LogP contribution in [0.3, 0.4) is 0 Å². The van der Waals surface area contributed by atoms with Crippen molar-refractivity contribution in [2.45, 2.75) is 19.3 Å². The quantitative estimate of drug-likeness (QED) is 0.776. The van der Waals surface area contributed by atoms with Crippen LogP contribution in [0.5, 0.6) is 0 Å². The fraction of sp³-hybridized carbons (Fsp3) is 0.467. The molecule has 20 heavy (non-hydrogen) atoms. The molecule has 0 atom stereocenters. The van der Waals surface area contributed by atoms with Crippen molar-refractivity contribution < 1.29 is 14.3 Å². The van der Waals surface area contributed by atoms with Crippen molar-refractivity contribution >= 4 is 17.5 Å². The van der Waals surface area contributed by atoms with Crippen LogP contribution in [0.1, 0.15) is 17.5 Å². The molecule has 0 bridgehead atoms. The third-order valence-corrected chi connectivity index (χ3v) is 3.85. The minimum absolute atomic E-state index is 0.478. The maximum absolute atomic E-state index is 12.0. The Labute approximate surface area is 117 Å². The first-order chi connectivity index (χ1) is 9.74. The Kier molecular flexibility index (Phi) is 3.69. The van der Waals surface area contributed by atoms with Gasteiger partial charge in [0.05, 0.1) is 13.2 Å². The predicted octanol–water partition coefficient (Wildman–Crippen LogP) is 0.973. The molecule has 1 aromatic rings. The smallest absolute Gasteiger partial charge is 0.313 e. The van der Waals surface area contributed by atoms with E-state index in [0.717, 1.165) is 12.8 Å². The van der Waals surface area contributed by atoms with Crippen LogP contribution < -0.4 is 5.32 Å². The van der Waals surface area contributed by atoms with Crippen LogP contribution in [-0.4, -0.2) is 43.0 Å². The lowest BCUT2D eigenvalue weighted by atomic mass is 10.1. The Morgan fingerprint density at radius 1 is 1.10 bits per heavy atom. The Hall–Kier alpha value is -1.88. The summed E-state index contributed by atoms with van der Waals surface area (Å²) in [6, 6.07) is 5.89. The Bertz CT molecular complexity index is 536. The van der Waals surface area contributed by atoms with E-state index in [9.17, 15) is 9.59 Å². The van der Waals surface area contributed by atoms with E-state index in [1.165, 1.54) is 22.4 Å². The molecule has 1 saturated heterocycles. The highest BCUT2D eigenvalue weighted by molar-refractivity contribution is 6.39. The first-order valence-corrected chi connectivity index (χ1v) is 7.04. The molecule has 1 N–H and O–H groups in total. The molecule has 0 unspecified atom stereocenters. The molecule has 2 amide bonds. The van der Waals surface area contributed by atoms with E-state index in [4.69, 9.17) is 4.74 Å². The zero-order chi connectivity index (χ0) is 13.9. The van der Waals surface area contributed by atoms with Crippen molar-refractivity contribution in [2.75, 3.05) is 31.6 Å². The van der Waals surface area contributed by atoms with Gasteiger partial charge in [0.2, 0.25) is 0 Å². The fourth-order valence-electron chi connectivity index (χ4n) is 2.74. The van der Waals surface area contributed by atoms with Gasteiger partial charge in [-0.3, -0.25) is 9.59 Å². The summed E-state index contributed by atoms with van der Waals surface area (Å²) in [6.45, 7) is 1.96. The molecular weight excluding hydrogens is 256 g/mol. The van der Waals surface area contributed by atoms with Gasteiger partial charge < -0.3 is 15.0 Å². The number of hydrogen-bond acceptors (Lipinski definition) is 3. The topological polar surface area (TPSA) is 58.6 Å². The van der Waals surface area contributed by atoms with Gasteiger partial charge in [-0.1, -0.05) is 6.07 Å². The van der Waals surface area contributed by atoms with Gasteiger partial charge >= 0.3 is 11.8 Å². The molecule has 106 valence electrons. The molecule has 2 aliphatic rings. The number of rotatable bonds is 1. The number of aryl methyl sites for hydroxylation is 2. The first-order valence-electron chi connectivity index (χ1n) is 7.04. The zero-order valence-corrected chi connectivity index (χ0v) is 11.4. The average Bonchev–Trinajstić information content (AvgIpc) is 2.95. The number of nitrogens with zero attached hydrogens (tertiary/aromatic N) is 1. The second-order valence-corrected chi connectivity index (χ2v) is 5.20. The fourth-order valence-corrected chi connectivity index (χ4v) is 2.74. The highest BCUT2D eigenvalue weighted by Crippen LogP contribution is 2.24. The summed E-state index contributed by atoms with van der Waals surface area (Å²) >= 11 is 0. The number of ether oxygens (including phenoxy) is 1. The number of fused-ring (bicyclic) bond motifs is 1. The molecule has 1 aromatic carbocycles. The molecule has 5 heteroatoms.